The average molecular weight is 467 g/mol. The lowest BCUT2D eigenvalue weighted by Gasteiger charge is -2.23. The number of rotatable bonds is 5. The van der Waals surface area contributed by atoms with E-state index in [-0.39, 0.29) is 18.2 Å². The summed E-state index contributed by atoms with van der Waals surface area (Å²) in [4.78, 5) is 28.3. The van der Waals surface area contributed by atoms with Crippen LogP contribution < -0.4 is 5.32 Å². The Balaban J connectivity index is 1.72. The van der Waals surface area contributed by atoms with Gasteiger partial charge < -0.3 is 10.2 Å². The van der Waals surface area contributed by atoms with Crippen LogP contribution in [0.25, 0.3) is 0 Å². The van der Waals surface area contributed by atoms with E-state index in [9.17, 15) is 9.59 Å². The van der Waals surface area contributed by atoms with Crippen LogP contribution in [-0.4, -0.2) is 39.8 Å². The molecule has 27 heavy (non-hydrogen) atoms. The molecule has 1 unspecified atom stereocenters. The molecular weight excluding hydrogens is 450 g/mol. The van der Waals surface area contributed by atoms with Crippen molar-refractivity contribution in [3.05, 3.63) is 63.6 Å². The molecule has 0 bridgehead atoms. The zero-order chi connectivity index (χ0) is 19.6. The van der Waals surface area contributed by atoms with E-state index in [1.165, 1.54) is 4.90 Å². The summed E-state index contributed by atoms with van der Waals surface area (Å²) in [6, 6.07) is 14.0. The lowest BCUT2D eigenvalue weighted by molar-refractivity contribution is -0.130. The monoisotopic (exact) mass is 465 g/mol. The van der Waals surface area contributed by atoms with Crippen LogP contribution in [0.5, 0.6) is 0 Å². The molecule has 5 nitrogen and oxygen atoms in total. The van der Waals surface area contributed by atoms with Gasteiger partial charge in [-0.1, -0.05) is 39.7 Å². The van der Waals surface area contributed by atoms with Crippen molar-refractivity contribution in [3.8, 4) is 0 Å². The summed E-state index contributed by atoms with van der Waals surface area (Å²) < 4.78 is 0.924. The van der Waals surface area contributed by atoms with Gasteiger partial charge in [0.25, 0.3) is 5.91 Å². The summed E-state index contributed by atoms with van der Waals surface area (Å²) in [6.45, 7) is 0.433. The number of likely N-dealkylation sites (N-methyl/N-ethyl adjacent to an activating group) is 1. The van der Waals surface area contributed by atoms with E-state index in [1.54, 1.807) is 36.2 Å². The highest BCUT2D eigenvalue weighted by Gasteiger charge is 2.41. The maximum Gasteiger partial charge on any atom is 0.251 e. The summed E-state index contributed by atoms with van der Waals surface area (Å²) >= 11 is 14.7. The quantitative estimate of drug-likeness (QED) is 0.675. The van der Waals surface area contributed by atoms with Crippen molar-refractivity contribution in [2.24, 2.45) is 0 Å². The zero-order valence-corrected chi connectivity index (χ0v) is 17.6. The molecule has 2 amide bonds. The van der Waals surface area contributed by atoms with Crippen molar-refractivity contribution >= 4 is 62.4 Å². The fourth-order valence-corrected chi connectivity index (χ4v) is 3.53. The van der Waals surface area contributed by atoms with Crippen LogP contribution in [0, 0.1) is 0 Å². The third-order valence-electron chi connectivity index (χ3n) is 4.30. The Bertz CT molecular complexity index is 874. The predicted molar refractivity (Wildman–Crippen MR) is 114 cm³/mol. The van der Waals surface area contributed by atoms with Gasteiger partial charge in [0.15, 0.2) is 5.11 Å². The minimum Gasteiger partial charge on any atom is -0.332 e. The smallest absolute Gasteiger partial charge is 0.251 e. The number of halogens is 2. The first-order chi connectivity index (χ1) is 12.8. The highest BCUT2D eigenvalue weighted by atomic mass is 79.9. The van der Waals surface area contributed by atoms with Gasteiger partial charge in [0.2, 0.25) is 5.91 Å². The topological polar surface area (TPSA) is 52.7 Å². The van der Waals surface area contributed by atoms with Crippen molar-refractivity contribution in [2.45, 2.75) is 19.0 Å². The largest absolute Gasteiger partial charge is 0.332 e. The predicted octanol–water partition coefficient (Wildman–Crippen LogP) is 4.06. The molecule has 0 spiro atoms. The maximum atomic E-state index is 12.6. The number of amides is 2. The molecular formula is C19H17BrClN3O2S. The minimum absolute atomic E-state index is 0.0208. The molecule has 1 heterocycles. The molecule has 0 saturated carbocycles. The third kappa shape index (κ3) is 4.66. The summed E-state index contributed by atoms with van der Waals surface area (Å²) in [5.74, 6) is -0.421. The van der Waals surface area contributed by atoms with E-state index < -0.39 is 6.04 Å². The van der Waals surface area contributed by atoms with Gasteiger partial charge in [-0.25, -0.2) is 0 Å². The zero-order valence-electron chi connectivity index (χ0n) is 14.5. The van der Waals surface area contributed by atoms with Gasteiger partial charge in [0, 0.05) is 28.8 Å². The number of benzene rings is 2. The standard InChI is InChI=1S/C19H17BrClN3O2S/c1-23-18(26)16(10-17(25)22-15-8-4-13(20)5-9-15)24(19(23)27)11-12-2-6-14(21)7-3-12/h2-9,16H,10-11H2,1H3,(H,22,25). The van der Waals surface area contributed by atoms with Crippen molar-refractivity contribution < 1.29 is 9.59 Å². The van der Waals surface area contributed by atoms with E-state index >= 15 is 0 Å². The first-order valence-electron chi connectivity index (χ1n) is 8.23. The summed E-state index contributed by atoms with van der Waals surface area (Å²) in [6.07, 6.45) is 0.0208. The Morgan fingerprint density at radius 3 is 2.44 bits per heavy atom. The van der Waals surface area contributed by atoms with Gasteiger partial charge in [-0.05, 0) is 54.2 Å². The molecule has 2 aromatic carbocycles. The minimum atomic E-state index is -0.631. The van der Waals surface area contributed by atoms with Crippen LogP contribution in [0.3, 0.4) is 0 Å². The van der Waals surface area contributed by atoms with Crippen LogP contribution >= 0.6 is 39.7 Å². The molecule has 1 aliphatic heterocycles. The number of hydrogen-bond acceptors (Lipinski definition) is 3. The van der Waals surface area contributed by atoms with Gasteiger partial charge in [-0.3, -0.25) is 14.5 Å². The molecule has 1 fully saturated rings. The van der Waals surface area contributed by atoms with Crippen molar-refractivity contribution in [3.63, 3.8) is 0 Å². The fourth-order valence-electron chi connectivity index (χ4n) is 2.86. The molecule has 140 valence electrons. The van der Waals surface area contributed by atoms with Crippen molar-refractivity contribution in [2.75, 3.05) is 12.4 Å². The Hall–Kier alpha value is -1.96. The number of anilines is 1. The lowest BCUT2D eigenvalue weighted by Crippen LogP contribution is -2.37. The van der Waals surface area contributed by atoms with Crippen molar-refractivity contribution in [1.29, 1.82) is 0 Å². The van der Waals surface area contributed by atoms with Gasteiger partial charge in [-0.15, -0.1) is 0 Å². The maximum absolute atomic E-state index is 12.6. The molecule has 0 radical (unpaired) electrons. The molecule has 1 N–H and O–H groups in total. The Labute approximate surface area is 176 Å². The molecule has 1 saturated heterocycles. The summed E-state index contributed by atoms with van der Waals surface area (Å²) in [7, 11) is 1.63. The molecule has 0 aliphatic carbocycles. The highest BCUT2D eigenvalue weighted by molar-refractivity contribution is 9.10. The van der Waals surface area contributed by atoms with Gasteiger partial charge in [-0.2, -0.15) is 0 Å². The van der Waals surface area contributed by atoms with Crippen LogP contribution in [0.4, 0.5) is 5.69 Å². The highest BCUT2D eigenvalue weighted by Crippen LogP contribution is 2.23. The van der Waals surface area contributed by atoms with Crippen LogP contribution in [-0.2, 0) is 16.1 Å². The second-order valence-electron chi connectivity index (χ2n) is 6.21. The van der Waals surface area contributed by atoms with Gasteiger partial charge in [0.05, 0.1) is 6.42 Å². The number of thiocarbonyl (C=S) groups is 1. The Morgan fingerprint density at radius 2 is 1.81 bits per heavy atom. The molecule has 1 aliphatic rings. The lowest BCUT2D eigenvalue weighted by atomic mass is 10.1. The molecule has 3 rings (SSSR count). The number of hydrogen-bond donors (Lipinski definition) is 1. The SMILES string of the molecule is CN1C(=O)C(CC(=O)Nc2ccc(Br)cc2)N(Cc2ccc(Cl)cc2)C1=S. The first kappa shape index (κ1) is 19.8. The molecule has 0 aromatic heterocycles. The van der Waals surface area contributed by atoms with Crippen LogP contribution in [0.2, 0.25) is 5.02 Å². The number of nitrogens with one attached hydrogen (secondary N) is 1. The number of carbonyl (C=O) groups excluding carboxylic acids is 2. The average Bonchev–Trinajstić information content (AvgIpc) is 2.83. The second-order valence-corrected chi connectivity index (χ2v) is 7.93. The van der Waals surface area contributed by atoms with E-state index in [1.807, 2.05) is 24.3 Å². The van der Waals surface area contributed by atoms with Crippen LogP contribution in [0.1, 0.15) is 12.0 Å². The van der Waals surface area contributed by atoms with E-state index in [0.717, 1.165) is 10.0 Å². The number of carbonyl (C=O) groups is 2. The summed E-state index contributed by atoms with van der Waals surface area (Å²) in [5.41, 5.74) is 1.64. The fraction of sp³-hybridized carbons (Fsp3) is 0.211. The molecule has 2 aromatic rings. The third-order valence-corrected chi connectivity index (χ3v) is 5.59. The van der Waals surface area contributed by atoms with Crippen LogP contribution in [0.15, 0.2) is 53.0 Å². The normalized spacial score (nSPS) is 16.8. The van der Waals surface area contributed by atoms with E-state index in [0.29, 0.717) is 22.4 Å². The first-order valence-corrected chi connectivity index (χ1v) is 9.81. The number of nitrogens with zero attached hydrogens (tertiary/aromatic N) is 2. The van der Waals surface area contributed by atoms with E-state index in [2.05, 4.69) is 21.2 Å². The summed E-state index contributed by atoms with van der Waals surface area (Å²) in [5, 5.41) is 3.87. The van der Waals surface area contributed by atoms with Gasteiger partial charge in [0.1, 0.15) is 6.04 Å². The second kappa shape index (κ2) is 8.37. The molecule has 8 heteroatoms. The Kier molecular flexibility index (Phi) is 6.14. The van der Waals surface area contributed by atoms with Crippen molar-refractivity contribution in [1.82, 2.24) is 9.80 Å². The molecule has 1 atom stereocenters. The van der Waals surface area contributed by atoms with E-state index in [4.69, 9.17) is 23.8 Å². The Morgan fingerprint density at radius 1 is 1.19 bits per heavy atom. The van der Waals surface area contributed by atoms with Gasteiger partial charge >= 0.3 is 0 Å².